The van der Waals surface area contributed by atoms with Gasteiger partial charge in [-0.15, -0.1) is 11.3 Å². The first-order valence-electron chi connectivity index (χ1n) is 10.0. The van der Waals surface area contributed by atoms with Gasteiger partial charge in [-0.2, -0.15) is 0 Å². The van der Waals surface area contributed by atoms with Crippen LogP contribution in [0.3, 0.4) is 0 Å². The number of aryl methyl sites for hydroxylation is 2. The van der Waals surface area contributed by atoms with Crippen molar-refractivity contribution in [2.45, 2.75) is 32.7 Å². The average Bonchev–Trinajstić information content (AvgIpc) is 3.20. The molecule has 0 aliphatic carbocycles. The van der Waals surface area contributed by atoms with Crippen LogP contribution in [0.5, 0.6) is 0 Å². The summed E-state index contributed by atoms with van der Waals surface area (Å²) in [5.41, 5.74) is 1.64. The number of H-pyrrole nitrogens is 1. The van der Waals surface area contributed by atoms with Gasteiger partial charge in [-0.05, 0) is 18.6 Å². The molecule has 3 heterocycles. The fourth-order valence-electron chi connectivity index (χ4n) is 3.61. The van der Waals surface area contributed by atoms with Gasteiger partial charge in [0.2, 0.25) is 5.91 Å². The van der Waals surface area contributed by atoms with Crippen molar-refractivity contribution in [3.63, 3.8) is 0 Å². The van der Waals surface area contributed by atoms with Crippen molar-refractivity contribution in [1.29, 1.82) is 0 Å². The molecule has 0 radical (unpaired) electrons. The molecule has 29 heavy (non-hydrogen) atoms. The molecule has 0 unspecified atom stereocenters. The second kappa shape index (κ2) is 8.84. The van der Waals surface area contributed by atoms with Gasteiger partial charge < -0.3 is 9.88 Å². The summed E-state index contributed by atoms with van der Waals surface area (Å²) >= 11 is 1.72. The molecule has 1 fully saturated rings. The number of rotatable bonds is 6. The predicted molar refractivity (Wildman–Crippen MR) is 114 cm³/mol. The standard InChI is InChI=1S/C21H25N5O2S/c1-2-19-22-15(14-29-19)13-25-9-11-26(12-10-25)20(27)8-7-18-23-17-6-4-3-5-16(17)21(28)24-18/h3-6,14H,2,7-13H2,1H3,(H,23,24,28). The van der Waals surface area contributed by atoms with Crippen molar-refractivity contribution in [2.24, 2.45) is 0 Å². The molecule has 3 aromatic rings. The van der Waals surface area contributed by atoms with Gasteiger partial charge in [0.15, 0.2) is 0 Å². The van der Waals surface area contributed by atoms with E-state index in [0.717, 1.165) is 44.8 Å². The highest BCUT2D eigenvalue weighted by Crippen LogP contribution is 2.14. The Bertz CT molecular complexity index is 1050. The molecule has 0 saturated carbocycles. The second-order valence-electron chi connectivity index (χ2n) is 7.27. The number of hydrogen-bond donors (Lipinski definition) is 1. The van der Waals surface area contributed by atoms with Crippen LogP contribution < -0.4 is 5.56 Å². The maximum atomic E-state index is 12.6. The number of nitrogens with zero attached hydrogens (tertiary/aromatic N) is 4. The summed E-state index contributed by atoms with van der Waals surface area (Å²) in [6.07, 6.45) is 1.77. The Kier molecular flexibility index (Phi) is 6.01. The highest BCUT2D eigenvalue weighted by Gasteiger charge is 2.21. The maximum absolute atomic E-state index is 12.6. The lowest BCUT2D eigenvalue weighted by Crippen LogP contribution is -2.48. The largest absolute Gasteiger partial charge is 0.340 e. The van der Waals surface area contributed by atoms with E-state index < -0.39 is 0 Å². The maximum Gasteiger partial charge on any atom is 0.258 e. The molecule has 0 spiro atoms. The molecule has 0 bridgehead atoms. The van der Waals surface area contributed by atoms with E-state index in [1.165, 1.54) is 5.01 Å². The molecule has 4 rings (SSSR count). The molecule has 1 N–H and O–H groups in total. The summed E-state index contributed by atoms with van der Waals surface area (Å²) in [4.78, 5) is 40.9. The minimum Gasteiger partial charge on any atom is -0.340 e. The highest BCUT2D eigenvalue weighted by atomic mass is 32.1. The normalized spacial score (nSPS) is 15.1. The lowest BCUT2D eigenvalue weighted by Gasteiger charge is -2.34. The first-order chi connectivity index (χ1) is 14.1. The summed E-state index contributed by atoms with van der Waals surface area (Å²) in [5, 5.41) is 3.88. The van der Waals surface area contributed by atoms with Gasteiger partial charge in [-0.25, -0.2) is 9.97 Å². The molecule has 1 amide bonds. The Hall–Kier alpha value is -2.58. The van der Waals surface area contributed by atoms with Crippen molar-refractivity contribution in [1.82, 2.24) is 24.8 Å². The number of thiazole rings is 1. The van der Waals surface area contributed by atoms with Crippen LogP contribution in [0.1, 0.15) is 29.9 Å². The van der Waals surface area contributed by atoms with Crippen molar-refractivity contribution in [2.75, 3.05) is 26.2 Å². The number of piperazine rings is 1. The summed E-state index contributed by atoms with van der Waals surface area (Å²) in [7, 11) is 0. The molecule has 2 aromatic heterocycles. The predicted octanol–water partition coefficient (Wildman–Crippen LogP) is 2.22. The summed E-state index contributed by atoms with van der Waals surface area (Å²) in [6.45, 7) is 6.14. The van der Waals surface area contributed by atoms with E-state index in [-0.39, 0.29) is 11.5 Å². The number of aromatic amines is 1. The highest BCUT2D eigenvalue weighted by molar-refractivity contribution is 7.09. The van der Waals surface area contributed by atoms with E-state index >= 15 is 0 Å². The number of fused-ring (bicyclic) bond motifs is 1. The zero-order valence-electron chi connectivity index (χ0n) is 16.6. The van der Waals surface area contributed by atoms with E-state index in [1.807, 2.05) is 23.1 Å². The topological polar surface area (TPSA) is 82.2 Å². The van der Waals surface area contributed by atoms with Gasteiger partial charge in [0.25, 0.3) is 5.56 Å². The second-order valence-corrected chi connectivity index (χ2v) is 8.22. The monoisotopic (exact) mass is 411 g/mol. The zero-order valence-corrected chi connectivity index (χ0v) is 17.4. The Morgan fingerprint density at radius 2 is 1.97 bits per heavy atom. The van der Waals surface area contributed by atoms with E-state index in [2.05, 4.69) is 32.2 Å². The molecule has 0 atom stereocenters. The fraction of sp³-hybridized carbons (Fsp3) is 0.429. The van der Waals surface area contributed by atoms with Crippen LogP contribution in [0, 0.1) is 0 Å². The van der Waals surface area contributed by atoms with Crippen molar-refractivity contribution >= 4 is 28.1 Å². The van der Waals surface area contributed by atoms with Crippen LogP contribution in [-0.4, -0.2) is 56.8 Å². The van der Waals surface area contributed by atoms with Gasteiger partial charge in [0.05, 0.1) is 21.6 Å². The van der Waals surface area contributed by atoms with Gasteiger partial charge >= 0.3 is 0 Å². The number of hydrogen-bond acceptors (Lipinski definition) is 6. The fourth-order valence-corrected chi connectivity index (χ4v) is 4.34. The molecule has 1 aromatic carbocycles. The number of para-hydroxylation sites is 1. The van der Waals surface area contributed by atoms with Crippen molar-refractivity contribution < 1.29 is 4.79 Å². The molecule has 1 aliphatic rings. The third-order valence-corrected chi connectivity index (χ3v) is 6.29. The van der Waals surface area contributed by atoms with E-state index in [4.69, 9.17) is 0 Å². The molecular weight excluding hydrogens is 386 g/mol. The van der Waals surface area contributed by atoms with E-state index in [9.17, 15) is 9.59 Å². The first kappa shape index (κ1) is 19.7. The number of carbonyl (C=O) groups is 1. The number of aromatic nitrogens is 3. The zero-order chi connectivity index (χ0) is 20.2. The first-order valence-corrected chi connectivity index (χ1v) is 10.9. The quantitative estimate of drug-likeness (QED) is 0.673. The van der Waals surface area contributed by atoms with Crippen LogP contribution in [0.4, 0.5) is 0 Å². The summed E-state index contributed by atoms with van der Waals surface area (Å²) < 4.78 is 0. The Labute approximate surface area is 173 Å². The number of nitrogens with one attached hydrogen (secondary N) is 1. The van der Waals surface area contributed by atoms with Gasteiger partial charge in [-0.3, -0.25) is 14.5 Å². The Morgan fingerprint density at radius 3 is 2.72 bits per heavy atom. The summed E-state index contributed by atoms with van der Waals surface area (Å²) in [6, 6.07) is 7.25. The number of benzene rings is 1. The van der Waals surface area contributed by atoms with Crippen LogP contribution in [0.25, 0.3) is 10.9 Å². The lowest BCUT2D eigenvalue weighted by molar-refractivity contribution is -0.133. The summed E-state index contributed by atoms with van der Waals surface area (Å²) in [5.74, 6) is 0.679. The molecule has 152 valence electrons. The third kappa shape index (κ3) is 4.71. The van der Waals surface area contributed by atoms with E-state index in [1.54, 1.807) is 17.4 Å². The Morgan fingerprint density at radius 1 is 1.17 bits per heavy atom. The van der Waals surface area contributed by atoms with Gasteiger partial charge in [0, 0.05) is 50.9 Å². The van der Waals surface area contributed by atoms with Gasteiger partial charge in [0.1, 0.15) is 5.82 Å². The minimum absolute atomic E-state index is 0.113. The lowest BCUT2D eigenvalue weighted by atomic mass is 10.2. The van der Waals surface area contributed by atoms with Crippen LogP contribution in [0.15, 0.2) is 34.4 Å². The SMILES string of the molecule is CCc1nc(CN2CCN(C(=O)CCc3nc4ccccc4c(=O)[nH]3)CC2)cs1. The van der Waals surface area contributed by atoms with Crippen molar-refractivity contribution in [3.8, 4) is 0 Å². The molecule has 1 saturated heterocycles. The number of carbonyl (C=O) groups excluding carboxylic acids is 1. The van der Waals surface area contributed by atoms with Crippen LogP contribution in [0.2, 0.25) is 0 Å². The molecule has 7 nitrogen and oxygen atoms in total. The smallest absolute Gasteiger partial charge is 0.258 e. The number of amides is 1. The Balaban J connectivity index is 1.28. The van der Waals surface area contributed by atoms with Crippen LogP contribution in [-0.2, 0) is 24.2 Å². The van der Waals surface area contributed by atoms with Gasteiger partial charge in [-0.1, -0.05) is 19.1 Å². The van der Waals surface area contributed by atoms with Crippen molar-refractivity contribution in [3.05, 3.63) is 56.5 Å². The molecule has 1 aliphatic heterocycles. The third-order valence-electron chi connectivity index (χ3n) is 5.25. The van der Waals surface area contributed by atoms with Crippen LogP contribution >= 0.6 is 11.3 Å². The van der Waals surface area contributed by atoms with E-state index in [0.29, 0.717) is 29.6 Å². The molecular formula is C21H25N5O2S. The average molecular weight is 412 g/mol. The molecule has 8 heteroatoms. The minimum atomic E-state index is -0.153.